The molecule has 0 aliphatic carbocycles. The van der Waals surface area contributed by atoms with Crippen molar-refractivity contribution in [2.75, 3.05) is 33.4 Å². The molecule has 1 heterocycles. The van der Waals surface area contributed by atoms with Gasteiger partial charge in [-0.2, -0.15) is 0 Å². The molecule has 7 atom stereocenters. The molecule has 8 heteroatoms. The van der Waals surface area contributed by atoms with Crippen LogP contribution in [-0.4, -0.2) is 110 Å². The topological polar surface area (TPSA) is 142 Å². The Hall–Kier alpha value is -0.320. The molecule has 1 aliphatic rings. The van der Waals surface area contributed by atoms with Crippen LogP contribution >= 0.6 is 0 Å². The van der Waals surface area contributed by atoms with E-state index in [0.29, 0.717) is 0 Å². The SMILES string of the molecule is C[N+]1(CC(O)CCC(O)C(O)CO)CC(O)C(O)C1CO. The highest BCUT2D eigenvalue weighted by atomic mass is 16.4. The molecule has 7 unspecified atom stereocenters. The minimum atomic E-state index is -1.23. The molecule has 0 amide bonds. The Morgan fingerprint density at radius 2 is 1.67 bits per heavy atom. The molecular formula is C13H28NO7+. The predicted molar refractivity (Wildman–Crippen MR) is 73.1 cm³/mol. The van der Waals surface area contributed by atoms with Gasteiger partial charge >= 0.3 is 0 Å². The van der Waals surface area contributed by atoms with Gasteiger partial charge in [-0.05, 0) is 12.8 Å². The molecular weight excluding hydrogens is 282 g/mol. The van der Waals surface area contributed by atoms with E-state index in [1.54, 1.807) is 7.05 Å². The first-order chi connectivity index (χ1) is 9.75. The van der Waals surface area contributed by atoms with E-state index in [0.717, 1.165) is 0 Å². The Morgan fingerprint density at radius 3 is 2.19 bits per heavy atom. The van der Waals surface area contributed by atoms with Crippen LogP contribution in [0.3, 0.4) is 0 Å². The number of rotatable bonds is 8. The second-order valence-corrected chi connectivity index (χ2v) is 6.20. The summed E-state index contributed by atoms with van der Waals surface area (Å²) in [7, 11) is 1.74. The summed E-state index contributed by atoms with van der Waals surface area (Å²) in [6.07, 6.45) is -4.81. The molecule has 1 saturated heterocycles. The lowest BCUT2D eigenvalue weighted by atomic mass is 10.0. The fourth-order valence-electron chi connectivity index (χ4n) is 3.06. The summed E-state index contributed by atoms with van der Waals surface area (Å²) in [5, 5.41) is 66.4. The molecule has 0 aromatic heterocycles. The van der Waals surface area contributed by atoms with E-state index in [4.69, 9.17) is 5.11 Å². The van der Waals surface area contributed by atoms with E-state index < -0.39 is 43.2 Å². The minimum Gasteiger partial charge on any atom is -0.394 e. The summed E-state index contributed by atoms with van der Waals surface area (Å²) in [6.45, 7) is -0.407. The number of likely N-dealkylation sites (tertiary alicyclic amines) is 1. The zero-order valence-corrected chi connectivity index (χ0v) is 12.3. The third-order valence-electron chi connectivity index (χ3n) is 4.44. The summed E-state index contributed by atoms with van der Waals surface area (Å²) in [6, 6.07) is -0.567. The van der Waals surface area contributed by atoms with Crippen molar-refractivity contribution in [3.8, 4) is 0 Å². The van der Waals surface area contributed by atoms with Gasteiger partial charge in [-0.25, -0.2) is 0 Å². The third kappa shape index (κ3) is 4.57. The predicted octanol–water partition coefficient (Wildman–Crippen LogP) is -3.62. The van der Waals surface area contributed by atoms with Crippen molar-refractivity contribution in [1.29, 1.82) is 0 Å². The Labute approximate surface area is 124 Å². The maximum absolute atomic E-state index is 10.0. The van der Waals surface area contributed by atoms with E-state index in [1.807, 2.05) is 0 Å². The quantitative estimate of drug-likeness (QED) is 0.230. The van der Waals surface area contributed by atoms with Gasteiger partial charge < -0.3 is 40.2 Å². The largest absolute Gasteiger partial charge is 0.394 e. The van der Waals surface area contributed by atoms with E-state index in [-0.39, 0.29) is 37.0 Å². The zero-order chi connectivity index (χ0) is 16.2. The van der Waals surface area contributed by atoms with Crippen LogP contribution in [-0.2, 0) is 0 Å². The minimum absolute atomic E-state index is 0.123. The smallest absolute Gasteiger partial charge is 0.141 e. The lowest BCUT2D eigenvalue weighted by Crippen LogP contribution is -2.56. The van der Waals surface area contributed by atoms with Gasteiger partial charge in [0.05, 0.1) is 26.4 Å². The van der Waals surface area contributed by atoms with Crippen LogP contribution in [0.5, 0.6) is 0 Å². The Morgan fingerprint density at radius 1 is 1.05 bits per heavy atom. The van der Waals surface area contributed by atoms with Crippen LogP contribution in [0.1, 0.15) is 12.8 Å². The Balaban J connectivity index is 2.51. The molecule has 8 nitrogen and oxygen atoms in total. The lowest BCUT2D eigenvalue weighted by molar-refractivity contribution is -0.926. The fraction of sp³-hybridized carbons (Fsp3) is 1.00. The zero-order valence-electron chi connectivity index (χ0n) is 12.3. The van der Waals surface area contributed by atoms with Gasteiger partial charge in [-0.15, -0.1) is 0 Å². The van der Waals surface area contributed by atoms with Crippen LogP contribution in [0, 0.1) is 0 Å². The molecule has 0 spiro atoms. The summed E-state index contributed by atoms with van der Waals surface area (Å²) in [5.74, 6) is 0. The fourth-order valence-corrected chi connectivity index (χ4v) is 3.06. The molecule has 1 fully saturated rings. The molecule has 0 aromatic carbocycles. The molecule has 0 aromatic rings. The van der Waals surface area contributed by atoms with Crippen molar-refractivity contribution >= 4 is 0 Å². The normalized spacial score (nSPS) is 37.4. The van der Waals surface area contributed by atoms with Gasteiger partial charge in [0.15, 0.2) is 0 Å². The Kier molecular flexibility index (Phi) is 6.95. The monoisotopic (exact) mass is 310 g/mol. The van der Waals surface area contributed by atoms with Crippen molar-refractivity contribution in [2.24, 2.45) is 0 Å². The van der Waals surface area contributed by atoms with Crippen LogP contribution in [0.2, 0.25) is 0 Å². The van der Waals surface area contributed by atoms with Crippen LogP contribution in [0.25, 0.3) is 0 Å². The van der Waals surface area contributed by atoms with Gasteiger partial charge in [0.1, 0.15) is 43.5 Å². The maximum Gasteiger partial charge on any atom is 0.141 e. The summed E-state index contributed by atoms with van der Waals surface area (Å²) in [5.41, 5.74) is 0. The van der Waals surface area contributed by atoms with Crippen molar-refractivity contribution < 1.29 is 40.2 Å². The summed E-state index contributed by atoms with van der Waals surface area (Å²) >= 11 is 0. The first-order valence-electron chi connectivity index (χ1n) is 7.21. The molecule has 21 heavy (non-hydrogen) atoms. The van der Waals surface area contributed by atoms with Gasteiger partial charge in [0.25, 0.3) is 0 Å². The van der Waals surface area contributed by atoms with Crippen molar-refractivity contribution in [3.63, 3.8) is 0 Å². The number of aliphatic hydroxyl groups is 7. The van der Waals surface area contributed by atoms with Crippen molar-refractivity contribution in [1.82, 2.24) is 0 Å². The third-order valence-corrected chi connectivity index (χ3v) is 4.44. The van der Waals surface area contributed by atoms with E-state index >= 15 is 0 Å². The van der Waals surface area contributed by atoms with Crippen molar-refractivity contribution in [3.05, 3.63) is 0 Å². The van der Waals surface area contributed by atoms with Gasteiger partial charge in [0, 0.05) is 0 Å². The maximum atomic E-state index is 10.0. The number of hydrogen-bond acceptors (Lipinski definition) is 7. The standard InChI is InChI=1S/C13H28NO7/c1-14(5-11(19)13(21)9(14)6-15)4-8(17)2-3-10(18)12(20)7-16/h8-13,15-21H,2-7H2,1H3/q+1. The number of likely N-dealkylation sites (N-methyl/N-ethyl adjacent to an activating group) is 1. The van der Waals surface area contributed by atoms with E-state index in [9.17, 15) is 30.6 Å². The van der Waals surface area contributed by atoms with Gasteiger partial charge in [-0.3, -0.25) is 0 Å². The molecule has 126 valence electrons. The van der Waals surface area contributed by atoms with Gasteiger partial charge in [0.2, 0.25) is 0 Å². The highest BCUT2D eigenvalue weighted by molar-refractivity contribution is 4.84. The molecule has 0 saturated carbocycles. The lowest BCUT2D eigenvalue weighted by Gasteiger charge is -2.37. The summed E-state index contributed by atoms with van der Waals surface area (Å²) in [4.78, 5) is 0. The van der Waals surface area contributed by atoms with Crippen LogP contribution in [0.4, 0.5) is 0 Å². The first kappa shape index (κ1) is 18.7. The average Bonchev–Trinajstić information content (AvgIpc) is 2.64. The molecule has 1 aliphatic heterocycles. The second-order valence-electron chi connectivity index (χ2n) is 6.20. The van der Waals surface area contributed by atoms with Crippen LogP contribution < -0.4 is 0 Å². The molecule has 1 rings (SSSR count). The number of quaternary nitrogens is 1. The van der Waals surface area contributed by atoms with Crippen LogP contribution in [0.15, 0.2) is 0 Å². The highest BCUT2D eigenvalue weighted by Crippen LogP contribution is 2.26. The van der Waals surface area contributed by atoms with E-state index in [1.165, 1.54) is 0 Å². The van der Waals surface area contributed by atoms with E-state index in [2.05, 4.69) is 0 Å². The number of nitrogens with zero attached hydrogens (tertiary/aromatic N) is 1. The number of aliphatic hydroxyl groups excluding tert-OH is 7. The number of hydrogen-bond donors (Lipinski definition) is 7. The summed E-state index contributed by atoms with van der Waals surface area (Å²) < 4.78 is 0.138. The van der Waals surface area contributed by atoms with Gasteiger partial charge in [-0.1, -0.05) is 0 Å². The Bertz CT molecular complexity index is 319. The molecule has 7 N–H and O–H groups in total. The second kappa shape index (κ2) is 7.80. The molecule has 0 radical (unpaired) electrons. The average molecular weight is 310 g/mol. The highest BCUT2D eigenvalue weighted by Gasteiger charge is 2.50. The van der Waals surface area contributed by atoms with Crippen molar-refractivity contribution in [2.45, 2.75) is 49.4 Å². The molecule has 0 bridgehead atoms. The first-order valence-corrected chi connectivity index (χ1v) is 7.21.